The molecular weight excluding hydrogens is 326 g/mol. The third-order valence-electron chi connectivity index (χ3n) is 4.60. The van der Waals surface area contributed by atoms with Gasteiger partial charge in [-0.3, -0.25) is 4.79 Å². The van der Waals surface area contributed by atoms with E-state index in [1.54, 1.807) is 6.07 Å². The summed E-state index contributed by atoms with van der Waals surface area (Å²) in [6, 6.07) is 15.5. The molecule has 2 aromatic carbocycles. The molecule has 3 N–H and O–H groups in total. The number of amides is 1. The molecule has 0 saturated carbocycles. The summed E-state index contributed by atoms with van der Waals surface area (Å²) in [5, 5.41) is 2.94. The van der Waals surface area contributed by atoms with Crippen LogP contribution in [0.2, 0.25) is 0 Å². The minimum absolute atomic E-state index is 0.000330. The SMILES string of the molecule is Nc1ccccc1OCCCC(=O)Nc1ccc(N2CCCCC2)cc1. The van der Waals surface area contributed by atoms with Gasteiger partial charge in [0.2, 0.25) is 5.91 Å². The highest BCUT2D eigenvalue weighted by molar-refractivity contribution is 5.90. The maximum absolute atomic E-state index is 12.1. The van der Waals surface area contributed by atoms with Crippen LogP contribution < -0.4 is 20.7 Å². The molecule has 2 aromatic rings. The van der Waals surface area contributed by atoms with E-state index in [9.17, 15) is 4.79 Å². The molecule has 1 aliphatic heterocycles. The molecule has 0 aromatic heterocycles. The van der Waals surface area contributed by atoms with Crippen molar-refractivity contribution in [1.29, 1.82) is 0 Å². The number of ether oxygens (including phenoxy) is 1. The van der Waals surface area contributed by atoms with Crippen molar-refractivity contribution in [3.63, 3.8) is 0 Å². The topological polar surface area (TPSA) is 67.6 Å². The van der Waals surface area contributed by atoms with Crippen LogP contribution >= 0.6 is 0 Å². The van der Waals surface area contributed by atoms with Crippen molar-refractivity contribution in [1.82, 2.24) is 0 Å². The summed E-state index contributed by atoms with van der Waals surface area (Å²) in [7, 11) is 0. The Morgan fingerprint density at radius 3 is 2.50 bits per heavy atom. The molecule has 5 heteroatoms. The Morgan fingerprint density at radius 1 is 1.04 bits per heavy atom. The van der Waals surface area contributed by atoms with Gasteiger partial charge in [0.1, 0.15) is 5.75 Å². The predicted molar refractivity (Wildman–Crippen MR) is 107 cm³/mol. The van der Waals surface area contributed by atoms with Gasteiger partial charge >= 0.3 is 0 Å². The number of nitrogens with one attached hydrogen (secondary N) is 1. The summed E-state index contributed by atoms with van der Waals surface area (Å²) < 4.78 is 5.61. The molecule has 1 aliphatic rings. The number of hydrogen-bond donors (Lipinski definition) is 2. The molecule has 0 radical (unpaired) electrons. The fourth-order valence-electron chi connectivity index (χ4n) is 3.16. The van der Waals surface area contributed by atoms with Gasteiger partial charge in [-0.25, -0.2) is 0 Å². The van der Waals surface area contributed by atoms with Gasteiger partial charge < -0.3 is 20.7 Å². The fraction of sp³-hybridized carbons (Fsp3) is 0.381. The zero-order chi connectivity index (χ0) is 18.2. The number of anilines is 3. The highest BCUT2D eigenvalue weighted by Crippen LogP contribution is 2.22. The van der Waals surface area contributed by atoms with Gasteiger partial charge in [0, 0.05) is 30.9 Å². The number of carbonyl (C=O) groups excluding carboxylic acids is 1. The van der Waals surface area contributed by atoms with Gasteiger partial charge in [-0.15, -0.1) is 0 Å². The molecule has 0 aliphatic carbocycles. The molecule has 0 spiro atoms. The lowest BCUT2D eigenvalue weighted by molar-refractivity contribution is -0.116. The Morgan fingerprint density at radius 2 is 1.77 bits per heavy atom. The van der Waals surface area contributed by atoms with Crippen LogP contribution in [0, 0.1) is 0 Å². The zero-order valence-corrected chi connectivity index (χ0v) is 15.1. The van der Waals surface area contributed by atoms with Gasteiger partial charge in [-0.2, -0.15) is 0 Å². The van der Waals surface area contributed by atoms with E-state index in [-0.39, 0.29) is 5.91 Å². The number of rotatable bonds is 7. The van der Waals surface area contributed by atoms with Crippen LogP contribution in [0.15, 0.2) is 48.5 Å². The van der Waals surface area contributed by atoms with E-state index in [4.69, 9.17) is 10.5 Å². The molecule has 1 amide bonds. The molecule has 0 unspecified atom stereocenters. The second kappa shape index (κ2) is 9.13. The largest absolute Gasteiger partial charge is 0.491 e. The lowest BCUT2D eigenvalue weighted by atomic mass is 10.1. The zero-order valence-electron chi connectivity index (χ0n) is 15.1. The van der Waals surface area contributed by atoms with Crippen molar-refractivity contribution in [3.8, 4) is 5.75 Å². The van der Waals surface area contributed by atoms with E-state index in [1.165, 1.54) is 24.9 Å². The van der Waals surface area contributed by atoms with Crippen molar-refractivity contribution >= 4 is 23.0 Å². The number of benzene rings is 2. The Labute approximate surface area is 155 Å². The molecule has 1 fully saturated rings. The molecule has 5 nitrogen and oxygen atoms in total. The fourth-order valence-corrected chi connectivity index (χ4v) is 3.16. The van der Waals surface area contributed by atoms with Gasteiger partial charge in [0.15, 0.2) is 0 Å². The maximum Gasteiger partial charge on any atom is 0.224 e. The van der Waals surface area contributed by atoms with Gasteiger partial charge in [0.05, 0.1) is 12.3 Å². The summed E-state index contributed by atoms with van der Waals surface area (Å²) in [5.74, 6) is 0.668. The maximum atomic E-state index is 12.1. The Hall–Kier alpha value is -2.69. The van der Waals surface area contributed by atoms with E-state index in [0.717, 1.165) is 18.8 Å². The summed E-state index contributed by atoms with van der Waals surface area (Å²) >= 11 is 0. The molecule has 0 bridgehead atoms. The van der Waals surface area contributed by atoms with E-state index < -0.39 is 0 Å². The number of nitrogens with two attached hydrogens (primary N) is 1. The Bertz CT molecular complexity index is 709. The third kappa shape index (κ3) is 5.15. The summed E-state index contributed by atoms with van der Waals surface area (Å²) in [6.07, 6.45) is 4.91. The second-order valence-corrected chi connectivity index (χ2v) is 6.63. The van der Waals surface area contributed by atoms with Crippen LogP contribution in [0.5, 0.6) is 5.75 Å². The lowest BCUT2D eigenvalue weighted by Gasteiger charge is -2.28. The van der Waals surface area contributed by atoms with Crippen LogP contribution in [-0.2, 0) is 4.79 Å². The van der Waals surface area contributed by atoms with E-state index in [2.05, 4.69) is 22.3 Å². The number of piperidine rings is 1. The summed E-state index contributed by atoms with van der Waals surface area (Å²) in [6.45, 7) is 2.71. The van der Waals surface area contributed by atoms with E-state index in [0.29, 0.717) is 30.9 Å². The van der Waals surface area contributed by atoms with Crippen molar-refractivity contribution in [2.24, 2.45) is 0 Å². The van der Waals surface area contributed by atoms with Crippen LogP contribution in [0.25, 0.3) is 0 Å². The van der Waals surface area contributed by atoms with Crippen molar-refractivity contribution in [3.05, 3.63) is 48.5 Å². The number of hydrogen-bond acceptors (Lipinski definition) is 4. The average molecular weight is 353 g/mol. The third-order valence-corrected chi connectivity index (χ3v) is 4.60. The number of para-hydroxylation sites is 2. The molecule has 1 heterocycles. The number of carbonyl (C=O) groups is 1. The minimum Gasteiger partial charge on any atom is -0.491 e. The minimum atomic E-state index is 0.000330. The van der Waals surface area contributed by atoms with Crippen molar-refractivity contribution in [2.75, 3.05) is 35.6 Å². The molecular formula is C21H27N3O2. The first-order chi connectivity index (χ1) is 12.7. The van der Waals surface area contributed by atoms with E-state index in [1.807, 2.05) is 30.3 Å². The molecule has 26 heavy (non-hydrogen) atoms. The molecule has 138 valence electrons. The van der Waals surface area contributed by atoms with Crippen LogP contribution in [0.1, 0.15) is 32.1 Å². The van der Waals surface area contributed by atoms with Crippen LogP contribution in [0.4, 0.5) is 17.1 Å². The number of nitrogen functional groups attached to an aromatic ring is 1. The Balaban J connectivity index is 1.39. The summed E-state index contributed by atoms with van der Waals surface area (Å²) in [5.41, 5.74) is 8.51. The smallest absolute Gasteiger partial charge is 0.224 e. The van der Waals surface area contributed by atoms with Crippen molar-refractivity contribution < 1.29 is 9.53 Å². The summed E-state index contributed by atoms with van der Waals surface area (Å²) in [4.78, 5) is 14.5. The first kappa shape index (κ1) is 18.1. The molecule has 1 saturated heterocycles. The quantitative estimate of drug-likeness (QED) is 0.582. The van der Waals surface area contributed by atoms with E-state index >= 15 is 0 Å². The first-order valence-corrected chi connectivity index (χ1v) is 9.34. The Kier molecular flexibility index (Phi) is 6.36. The standard InChI is InChI=1S/C21H27N3O2/c22-19-7-2-3-8-20(19)26-16-6-9-21(25)23-17-10-12-18(13-11-17)24-14-4-1-5-15-24/h2-3,7-8,10-13H,1,4-6,9,14-16,22H2,(H,23,25). The average Bonchev–Trinajstić information content (AvgIpc) is 2.68. The normalized spacial score (nSPS) is 14.1. The number of nitrogens with zero attached hydrogens (tertiary/aromatic N) is 1. The lowest BCUT2D eigenvalue weighted by Crippen LogP contribution is -2.29. The highest BCUT2D eigenvalue weighted by atomic mass is 16.5. The molecule has 0 atom stereocenters. The molecule has 3 rings (SSSR count). The highest BCUT2D eigenvalue weighted by Gasteiger charge is 2.11. The van der Waals surface area contributed by atoms with Gasteiger partial charge in [-0.1, -0.05) is 12.1 Å². The first-order valence-electron chi connectivity index (χ1n) is 9.34. The van der Waals surface area contributed by atoms with Crippen molar-refractivity contribution in [2.45, 2.75) is 32.1 Å². The van der Waals surface area contributed by atoms with Crippen LogP contribution in [0.3, 0.4) is 0 Å². The van der Waals surface area contributed by atoms with Gasteiger partial charge in [0.25, 0.3) is 0 Å². The van der Waals surface area contributed by atoms with Crippen LogP contribution in [-0.4, -0.2) is 25.6 Å². The predicted octanol–water partition coefficient (Wildman–Crippen LogP) is 4.06. The monoisotopic (exact) mass is 353 g/mol. The second-order valence-electron chi connectivity index (χ2n) is 6.63. The van der Waals surface area contributed by atoms with Gasteiger partial charge in [-0.05, 0) is 62.1 Å².